The van der Waals surface area contributed by atoms with Crippen molar-refractivity contribution in [2.24, 2.45) is 5.73 Å². The number of hydrogen-bond acceptors (Lipinski definition) is 5. The van der Waals surface area contributed by atoms with Crippen molar-refractivity contribution in [1.29, 1.82) is 0 Å². The van der Waals surface area contributed by atoms with E-state index in [0.717, 1.165) is 38.5 Å². The van der Waals surface area contributed by atoms with Gasteiger partial charge < -0.3 is 20.9 Å². The van der Waals surface area contributed by atoms with Gasteiger partial charge in [-0.2, -0.15) is 0 Å². The van der Waals surface area contributed by atoms with Crippen molar-refractivity contribution in [2.45, 2.75) is 225 Å². The molecule has 4 N–H and O–H groups in total. The summed E-state index contributed by atoms with van der Waals surface area (Å²) in [7, 11) is 0. The van der Waals surface area contributed by atoms with E-state index in [2.05, 4.69) is 19.2 Å². The first-order valence-corrected chi connectivity index (χ1v) is 19.9. The highest BCUT2D eigenvalue weighted by atomic mass is 16.5. The third kappa shape index (κ3) is 31.0. The van der Waals surface area contributed by atoms with Crippen molar-refractivity contribution in [3.05, 3.63) is 0 Å². The number of carbonyl (C=O) groups excluding carboxylic acids is 2. The second kappa shape index (κ2) is 34.7. The topological polar surface area (TPSA) is 119 Å². The molecule has 7 heteroatoms. The molecular weight excluding hydrogens is 576 g/mol. The Hall–Kier alpha value is -1.63. The lowest BCUT2D eigenvalue weighted by Crippen LogP contribution is -2.42. The monoisotopic (exact) mass is 653 g/mol. The summed E-state index contributed by atoms with van der Waals surface area (Å²) in [5.74, 6) is -1.68. The van der Waals surface area contributed by atoms with E-state index in [-0.39, 0.29) is 18.3 Å². The maximum atomic E-state index is 12.7. The largest absolute Gasteiger partial charge is 0.480 e. The Kier molecular flexibility index (Phi) is 33.5. The summed E-state index contributed by atoms with van der Waals surface area (Å²) in [6, 6.07) is -0.963. The Labute approximate surface area is 284 Å². The van der Waals surface area contributed by atoms with E-state index in [9.17, 15) is 19.5 Å². The second-order valence-corrected chi connectivity index (χ2v) is 13.7. The molecule has 1 amide bonds. The van der Waals surface area contributed by atoms with Crippen LogP contribution in [0.1, 0.15) is 213 Å². The number of ether oxygens (including phenoxy) is 1. The zero-order valence-corrected chi connectivity index (χ0v) is 30.4. The molecule has 0 spiro atoms. The minimum absolute atomic E-state index is 0.00885. The fourth-order valence-electron chi connectivity index (χ4n) is 6.16. The highest BCUT2D eigenvalue weighted by Crippen LogP contribution is 2.17. The van der Waals surface area contributed by atoms with Crippen LogP contribution in [0.2, 0.25) is 0 Å². The van der Waals surface area contributed by atoms with Gasteiger partial charge in [0.2, 0.25) is 5.91 Å². The smallest absolute Gasteiger partial charge is 0.326 e. The van der Waals surface area contributed by atoms with Crippen LogP contribution in [-0.2, 0) is 19.1 Å². The predicted octanol–water partition coefficient (Wildman–Crippen LogP) is 10.6. The lowest BCUT2D eigenvalue weighted by atomic mass is 10.0. The maximum Gasteiger partial charge on any atom is 0.326 e. The summed E-state index contributed by atoms with van der Waals surface area (Å²) in [4.78, 5) is 37.0. The molecule has 2 atom stereocenters. The van der Waals surface area contributed by atoms with Gasteiger partial charge >= 0.3 is 11.9 Å². The van der Waals surface area contributed by atoms with E-state index in [1.807, 2.05) is 0 Å². The molecule has 0 rings (SSSR count). The summed E-state index contributed by atoms with van der Waals surface area (Å²) in [5, 5.41) is 12.1. The Morgan fingerprint density at radius 3 is 1.35 bits per heavy atom. The first-order valence-electron chi connectivity index (χ1n) is 19.9. The van der Waals surface area contributed by atoms with Crippen LogP contribution in [0.25, 0.3) is 0 Å². The summed E-state index contributed by atoms with van der Waals surface area (Å²) >= 11 is 0. The standard InChI is InChI=1S/C39H76N2O5/c1-3-5-7-9-11-13-15-17-18-20-22-24-26-28-32-38(43)46-35(34-37(42)41-36(39(44)45)31-29-33-40)30-27-25-23-21-19-16-14-12-10-8-6-4-2/h35-36H,3-34,40H2,1-2H3,(H,41,42)(H,44,45). The van der Waals surface area contributed by atoms with Crippen molar-refractivity contribution in [3.63, 3.8) is 0 Å². The highest BCUT2D eigenvalue weighted by Gasteiger charge is 2.23. The number of rotatable bonds is 36. The molecule has 0 saturated carbocycles. The Morgan fingerprint density at radius 1 is 0.565 bits per heavy atom. The summed E-state index contributed by atoms with van der Waals surface area (Å²) in [5.41, 5.74) is 5.53. The average molecular weight is 653 g/mol. The van der Waals surface area contributed by atoms with Gasteiger partial charge in [-0.05, 0) is 38.6 Å². The number of unbranched alkanes of at least 4 members (excludes halogenated alkanes) is 24. The first kappa shape index (κ1) is 44.4. The van der Waals surface area contributed by atoms with E-state index in [0.29, 0.717) is 32.2 Å². The van der Waals surface area contributed by atoms with Crippen molar-refractivity contribution in [3.8, 4) is 0 Å². The molecule has 0 saturated heterocycles. The SMILES string of the molecule is CCCCCCCCCCCCCCCCC(=O)OC(CCCCCCCCCCCCCC)CC(=O)NC(CCCN)C(=O)O. The van der Waals surface area contributed by atoms with Gasteiger partial charge in [0.15, 0.2) is 0 Å². The lowest BCUT2D eigenvalue weighted by molar-refractivity contribution is -0.151. The number of carboxylic acids is 1. The first-order chi connectivity index (χ1) is 22.4. The number of esters is 1. The van der Waals surface area contributed by atoms with Gasteiger partial charge in [-0.1, -0.05) is 168 Å². The number of nitrogens with two attached hydrogens (primary N) is 1. The van der Waals surface area contributed by atoms with Crippen LogP contribution in [0.4, 0.5) is 0 Å². The molecule has 7 nitrogen and oxygen atoms in total. The van der Waals surface area contributed by atoms with Crippen LogP contribution in [0, 0.1) is 0 Å². The summed E-state index contributed by atoms with van der Waals surface area (Å²) < 4.78 is 5.79. The molecule has 0 aromatic rings. The summed E-state index contributed by atoms with van der Waals surface area (Å²) in [6.07, 6.45) is 34.0. The molecular formula is C39H76N2O5. The van der Waals surface area contributed by atoms with E-state index < -0.39 is 18.1 Å². The third-order valence-corrected chi connectivity index (χ3v) is 9.16. The van der Waals surface area contributed by atoms with Gasteiger partial charge in [-0.3, -0.25) is 9.59 Å². The van der Waals surface area contributed by atoms with E-state index in [1.165, 1.54) is 128 Å². The van der Waals surface area contributed by atoms with Crippen molar-refractivity contribution in [2.75, 3.05) is 6.54 Å². The Balaban J connectivity index is 4.32. The molecule has 0 aliphatic rings. The van der Waals surface area contributed by atoms with Crippen molar-refractivity contribution < 1.29 is 24.2 Å². The zero-order chi connectivity index (χ0) is 33.9. The van der Waals surface area contributed by atoms with E-state index in [4.69, 9.17) is 10.5 Å². The summed E-state index contributed by atoms with van der Waals surface area (Å²) in [6.45, 7) is 4.89. The third-order valence-electron chi connectivity index (χ3n) is 9.16. The molecule has 0 aromatic heterocycles. The van der Waals surface area contributed by atoms with Crippen LogP contribution >= 0.6 is 0 Å². The fourth-order valence-corrected chi connectivity index (χ4v) is 6.16. The molecule has 0 bridgehead atoms. The van der Waals surface area contributed by atoms with Crippen LogP contribution < -0.4 is 11.1 Å². The molecule has 0 aliphatic heterocycles. The van der Waals surface area contributed by atoms with E-state index >= 15 is 0 Å². The Morgan fingerprint density at radius 2 is 0.957 bits per heavy atom. The van der Waals surface area contributed by atoms with Crippen LogP contribution in [-0.4, -0.2) is 41.6 Å². The van der Waals surface area contributed by atoms with Crippen LogP contribution in [0.15, 0.2) is 0 Å². The number of hydrogen-bond donors (Lipinski definition) is 3. The van der Waals surface area contributed by atoms with E-state index in [1.54, 1.807) is 0 Å². The molecule has 46 heavy (non-hydrogen) atoms. The number of carbonyl (C=O) groups is 3. The molecule has 0 aliphatic carbocycles. The van der Waals surface area contributed by atoms with Gasteiger partial charge in [-0.15, -0.1) is 0 Å². The van der Waals surface area contributed by atoms with Gasteiger partial charge in [-0.25, -0.2) is 4.79 Å². The molecule has 0 radical (unpaired) electrons. The quantitative estimate of drug-likeness (QED) is 0.0458. The molecule has 0 heterocycles. The number of amides is 1. The molecule has 0 fully saturated rings. The maximum absolute atomic E-state index is 12.7. The number of aliphatic carboxylic acids is 1. The van der Waals surface area contributed by atoms with Gasteiger partial charge in [0.05, 0.1) is 6.42 Å². The van der Waals surface area contributed by atoms with Gasteiger partial charge in [0.25, 0.3) is 0 Å². The second-order valence-electron chi connectivity index (χ2n) is 13.7. The van der Waals surface area contributed by atoms with Gasteiger partial charge in [0.1, 0.15) is 12.1 Å². The highest BCUT2D eigenvalue weighted by molar-refractivity contribution is 5.84. The molecule has 0 aromatic carbocycles. The molecule has 272 valence electrons. The normalized spacial score (nSPS) is 12.6. The van der Waals surface area contributed by atoms with Crippen molar-refractivity contribution in [1.82, 2.24) is 5.32 Å². The van der Waals surface area contributed by atoms with Gasteiger partial charge in [0, 0.05) is 6.42 Å². The minimum atomic E-state index is -1.06. The lowest BCUT2D eigenvalue weighted by Gasteiger charge is -2.20. The number of nitrogens with one attached hydrogen (secondary N) is 1. The Bertz CT molecular complexity index is 702. The molecule has 2 unspecified atom stereocenters. The van der Waals surface area contributed by atoms with Crippen LogP contribution in [0.3, 0.4) is 0 Å². The fraction of sp³-hybridized carbons (Fsp3) is 0.923. The zero-order valence-electron chi connectivity index (χ0n) is 30.4. The number of carboxylic acid groups (broad SMARTS) is 1. The predicted molar refractivity (Wildman–Crippen MR) is 193 cm³/mol. The van der Waals surface area contributed by atoms with Crippen molar-refractivity contribution >= 4 is 17.8 Å². The van der Waals surface area contributed by atoms with Crippen LogP contribution in [0.5, 0.6) is 0 Å². The average Bonchev–Trinajstić information content (AvgIpc) is 3.03. The minimum Gasteiger partial charge on any atom is -0.480 e.